The molecule has 2 saturated heterocycles. The quantitative estimate of drug-likeness (QED) is 0.845. The van der Waals surface area contributed by atoms with E-state index in [4.69, 9.17) is 6.42 Å². The highest BCUT2D eigenvalue weighted by Crippen LogP contribution is 2.26. The van der Waals surface area contributed by atoms with Gasteiger partial charge in [0.25, 0.3) is 5.91 Å². The van der Waals surface area contributed by atoms with Gasteiger partial charge in [-0.15, -0.1) is 6.42 Å². The van der Waals surface area contributed by atoms with E-state index >= 15 is 0 Å². The highest BCUT2D eigenvalue weighted by Gasteiger charge is 2.33. The van der Waals surface area contributed by atoms with Crippen LogP contribution in [0.1, 0.15) is 28.9 Å². The summed E-state index contributed by atoms with van der Waals surface area (Å²) in [6.45, 7) is 3.30. The van der Waals surface area contributed by atoms with Gasteiger partial charge in [-0.2, -0.15) is 0 Å². The molecule has 3 atom stereocenters. The average molecular weight is 294 g/mol. The van der Waals surface area contributed by atoms with Crippen LogP contribution in [-0.2, 0) is 0 Å². The van der Waals surface area contributed by atoms with Crippen LogP contribution in [0.25, 0.3) is 5.52 Å². The van der Waals surface area contributed by atoms with Crippen molar-refractivity contribution in [2.75, 3.05) is 19.6 Å². The molecule has 112 valence electrons. The maximum absolute atomic E-state index is 12.5. The van der Waals surface area contributed by atoms with E-state index in [1.54, 1.807) is 12.4 Å². The van der Waals surface area contributed by atoms with Gasteiger partial charge in [0.2, 0.25) is 0 Å². The normalized spacial score (nSPS) is 26.8. The zero-order valence-electron chi connectivity index (χ0n) is 12.3. The van der Waals surface area contributed by atoms with Gasteiger partial charge in [0, 0.05) is 30.9 Å². The molecule has 2 aliphatic rings. The SMILES string of the molecule is C#Cc1ccn2cnc(C(=O)N[C@@H]3C[C@@H]4CCN(C4)C3)cc12. The van der Waals surface area contributed by atoms with E-state index in [1.165, 1.54) is 13.0 Å². The first-order chi connectivity index (χ1) is 10.7. The second-order valence-electron chi connectivity index (χ2n) is 6.26. The molecular weight excluding hydrogens is 276 g/mol. The number of nitrogens with one attached hydrogen (secondary N) is 1. The Kier molecular flexibility index (Phi) is 3.12. The van der Waals surface area contributed by atoms with Gasteiger partial charge in [0.05, 0.1) is 5.52 Å². The van der Waals surface area contributed by atoms with E-state index in [1.807, 2.05) is 16.7 Å². The molecule has 1 N–H and O–H groups in total. The molecule has 0 aliphatic carbocycles. The third-order valence-electron chi connectivity index (χ3n) is 4.74. The van der Waals surface area contributed by atoms with Crippen molar-refractivity contribution >= 4 is 11.4 Å². The number of hydrogen-bond donors (Lipinski definition) is 1. The molecule has 2 bridgehead atoms. The van der Waals surface area contributed by atoms with Crippen LogP contribution in [0.3, 0.4) is 0 Å². The maximum atomic E-state index is 12.5. The largest absolute Gasteiger partial charge is 0.347 e. The number of amides is 1. The molecule has 5 nitrogen and oxygen atoms in total. The number of hydrogen-bond acceptors (Lipinski definition) is 3. The van der Waals surface area contributed by atoms with Gasteiger partial charge >= 0.3 is 0 Å². The molecule has 0 saturated carbocycles. The summed E-state index contributed by atoms with van der Waals surface area (Å²) in [6, 6.07) is 3.85. The molecule has 22 heavy (non-hydrogen) atoms. The van der Waals surface area contributed by atoms with Gasteiger partial charge in [-0.3, -0.25) is 4.79 Å². The lowest BCUT2D eigenvalue weighted by atomic mass is 9.97. The van der Waals surface area contributed by atoms with Crippen molar-refractivity contribution in [3.63, 3.8) is 0 Å². The molecule has 1 amide bonds. The fourth-order valence-corrected chi connectivity index (χ4v) is 3.67. The minimum Gasteiger partial charge on any atom is -0.347 e. The van der Waals surface area contributed by atoms with Gasteiger partial charge in [0.15, 0.2) is 0 Å². The first-order valence-corrected chi connectivity index (χ1v) is 7.69. The summed E-state index contributed by atoms with van der Waals surface area (Å²) in [5.74, 6) is 3.25. The van der Waals surface area contributed by atoms with Crippen LogP contribution >= 0.6 is 0 Å². The van der Waals surface area contributed by atoms with Gasteiger partial charge < -0.3 is 14.6 Å². The van der Waals surface area contributed by atoms with Gasteiger partial charge in [-0.25, -0.2) is 4.98 Å². The van der Waals surface area contributed by atoms with Crippen LogP contribution in [0.4, 0.5) is 0 Å². The monoisotopic (exact) mass is 294 g/mol. The predicted molar refractivity (Wildman–Crippen MR) is 83.5 cm³/mol. The van der Waals surface area contributed by atoms with Crippen LogP contribution in [0.5, 0.6) is 0 Å². The lowest BCUT2D eigenvalue weighted by Crippen LogP contribution is -2.47. The number of piperidine rings is 1. The number of nitrogens with zero attached hydrogens (tertiary/aromatic N) is 3. The average Bonchev–Trinajstić information content (AvgIpc) is 3.09. The molecule has 0 radical (unpaired) electrons. The van der Waals surface area contributed by atoms with Crippen LogP contribution < -0.4 is 5.32 Å². The van der Waals surface area contributed by atoms with Crippen molar-refractivity contribution in [3.8, 4) is 12.3 Å². The van der Waals surface area contributed by atoms with Crippen molar-refractivity contribution < 1.29 is 4.79 Å². The van der Waals surface area contributed by atoms with E-state index < -0.39 is 0 Å². The van der Waals surface area contributed by atoms with Gasteiger partial charge in [0.1, 0.15) is 12.0 Å². The zero-order valence-corrected chi connectivity index (χ0v) is 12.3. The van der Waals surface area contributed by atoms with E-state index in [9.17, 15) is 4.79 Å². The lowest BCUT2D eigenvalue weighted by molar-refractivity contribution is 0.0904. The fraction of sp³-hybridized carbons (Fsp3) is 0.412. The number of carbonyl (C=O) groups is 1. The van der Waals surface area contributed by atoms with Gasteiger partial charge in [-0.1, -0.05) is 5.92 Å². The first kappa shape index (κ1) is 13.4. The molecule has 2 fully saturated rings. The zero-order chi connectivity index (χ0) is 15.1. The van der Waals surface area contributed by atoms with Crippen molar-refractivity contribution in [3.05, 3.63) is 35.9 Å². The van der Waals surface area contributed by atoms with E-state index in [-0.39, 0.29) is 11.9 Å². The van der Waals surface area contributed by atoms with Crippen LogP contribution in [0.15, 0.2) is 24.7 Å². The van der Waals surface area contributed by atoms with Crippen molar-refractivity contribution in [1.82, 2.24) is 19.6 Å². The second kappa shape index (κ2) is 5.15. The number of terminal acetylenes is 1. The molecule has 2 aliphatic heterocycles. The number of carbonyl (C=O) groups excluding carboxylic acids is 1. The molecule has 1 unspecified atom stereocenters. The Hall–Kier alpha value is -2.32. The molecule has 2 aromatic rings. The first-order valence-electron chi connectivity index (χ1n) is 7.69. The summed E-state index contributed by atoms with van der Waals surface area (Å²) < 4.78 is 1.83. The highest BCUT2D eigenvalue weighted by molar-refractivity contribution is 5.93. The molecule has 2 aromatic heterocycles. The van der Waals surface area contributed by atoms with Crippen LogP contribution in [-0.4, -0.2) is 45.9 Å². The number of rotatable bonds is 2. The standard InChI is InChI=1S/C17H18N4O/c1-2-13-4-6-21-11-18-15(8-16(13)21)17(22)19-14-7-12-3-5-20(9-12)10-14/h1,4,6,8,11-12,14H,3,5,7,9-10H2,(H,19,22)/t12-,14+/m0/s1. The molecule has 0 spiro atoms. The lowest BCUT2D eigenvalue weighted by Gasteiger charge is -2.30. The third kappa shape index (κ3) is 2.26. The van der Waals surface area contributed by atoms with Crippen LogP contribution in [0, 0.1) is 18.3 Å². The predicted octanol–water partition coefficient (Wildman–Crippen LogP) is 1.14. The van der Waals surface area contributed by atoms with Crippen molar-refractivity contribution in [1.29, 1.82) is 0 Å². The summed E-state index contributed by atoms with van der Waals surface area (Å²) in [7, 11) is 0. The molecule has 4 heterocycles. The Labute approximate surface area is 129 Å². The van der Waals surface area contributed by atoms with E-state index in [0.29, 0.717) is 5.69 Å². The Balaban J connectivity index is 1.54. The molecule has 0 aromatic carbocycles. The summed E-state index contributed by atoms with van der Waals surface area (Å²) >= 11 is 0. The smallest absolute Gasteiger partial charge is 0.270 e. The summed E-state index contributed by atoms with van der Waals surface area (Å²) in [5.41, 5.74) is 2.05. The van der Waals surface area contributed by atoms with Gasteiger partial charge in [-0.05, 0) is 37.4 Å². The fourth-order valence-electron chi connectivity index (χ4n) is 3.67. The Morgan fingerprint density at radius 3 is 3.18 bits per heavy atom. The van der Waals surface area contributed by atoms with E-state index in [2.05, 4.69) is 21.1 Å². The Morgan fingerprint density at radius 2 is 2.36 bits per heavy atom. The number of fused-ring (bicyclic) bond motifs is 3. The summed E-state index contributed by atoms with van der Waals surface area (Å²) in [4.78, 5) is 19.1. The minimum atomic E-state index is -0.112. The molecule has 5 heteroatoms. The second-order valence-corrected chi connectivity index (χ2v) is 6.26. The highest BCUT2D eigenvalue weighted by atomic mass is 16.1. The van der Waals surface area contributed by atoms with Crippen LogP contribution in [0.2, 0.25) is 0 Å². The number of aromatic nitrogens is 2. The Morgan fingerprint density at radius 1 is 1.45 bits per heavy atom. The van der Waals surface area contributed by atoms with Crippen molar-refractivity contribution in [2.24, 2.45) is 5.92 Å². The third-order valence-corrected chi connectivity index (χ3v) is 4.74. The Bertz CT molecular complexity index is 761. The molecule has 4 rings (SSSR count). The van der Waals surface area contributed by atoms with Crippen molar-refractivity contribution in [2.45, 2.75) is 18.9 Å². The summed E-state index contributed by atoms with van der Waals surface area (Å²) in [5, 5.41) is 3.13. The topological polar surface area (TPSA) is 49.6 Å². The summed E-state index contributed by atoms with van der Waals surface area (Å²) in [6.07, 6.45) is 11.3. The molecular formula is C17H18N4O. The maximum Gasteiger partial charge on any atom is 0.270 e. The minimum absolute atomic E-state index is 0.112. The van der Waals surface area contributed by atoms with E-state index in [0.717, 1.165) is 36.5 Å².